The second-order valence-corrected chi connectivity index (χ2v) is 8.99. The van der Waals surface area contributed by atoms with E-state index in [0.29, 0.717) is 5.69 Å². The number of hydrogen-bond donors (Lipinski definition) is 1. The zero-order valence-electron chi connectivity index (χ0n) is 16.0. The van der Waals surface area contributed by atoms with Gasteiger partial charge in [0.25, 0.3) is 0 Å². The minimum Gasteiger partial charge on any atom is -0.325 e. The number of aliphatic imine (C=N–C) groups is 1. The molecule has 0 spiro atoms. The Morgan fingerprint density at radius 3 is 2.58 bits per heavy atom. The molecule has 0 aliphatic carbocycles. The molecule has 0 saturated carbocycles. The second-order valence-electron chi connectivity index (χ2n) is 6.50. The maximum absolute atomic E-state index is 13.2. The van der Waals surface area contributed by atoms with Crippen molar-refractivity contribution in [1.29, 1.82) is 0 Å². The summed E-state index contributed by atoms with van der Waals surface area (Å²) in [7, 11) is 0. The lowest BCUT2D eigenvalue weighted by atomic mass is 10.2. The number of halogens is 5. The van der Waals surface area contributed by atoms with Crippen LogP contribution in [-0.4, -0.2) is 33.7 Å². The number of nitrogens with one attached hydrogen (secondary N) is 1. The minimum absolute atomic E-state index is 0.0144. The number of amidine groups is 1. The molecule has 2 amide bonds. The molecular formula is C20H16BrClF3N3O2S. The zero-order valence-corrected chi connectivity index (χ0v) is 19.2. The van der Waals surface area contributed by atoms with E-state index in [0.717, 1.165) is 28.4 Å². The molecule has 1 fully saturated rings. The van der Waals surface area contributed by atoms with Crippen molar-refractivity contribution in [3.05, 3.63) is 57.5 Å². The Morgan fingerprint density at radius 1 is 1.29 bits per heavy atom. The fourth-order valence-electron chi connectivity index (χ4n) is 2.82. The fraction of sp³-hybridized carbons (Fsp3) is 0.250. The van der Waals surface area contributed by atoms with Gasteiger partial charge in [-0.1, -0.05) is 39.3 Å². The molecule has 1 aliphatic rings. The molecule has 1 aliphatic heterocycles. The van der Waals surface area contributed by atoms with Crippen LogP contribution in [0, 0.1) is 0 Å². The van der Waals surface area contributed by atoms with Crippen molar-refractivity contribution in [3.63, 3.8) is 0 Å². The van der Waals surface area contributed by atoms with Crippen LogP contribution in [0.3, 0.4) is 0 Å². The molecular weight excluding hydrogens is 519 g/mol. The van der Waals surface area contributed by atoms with Crippen LogP contribution in [0.25, 0.3) is 0 Å². The van der Waals surface area contributed by atoms with E-state index in [9.17, 15) is 22.8 Å². The van der Waals surface area contributed by atoms with E-state index in [2.05, 4.69) is 26.2 Å². The van der Waals surface area contributed by atoms with E-state index in [-0.39, 0.29) is 29.7 Å². The van der Waals surface area contributed by atoms with E-state index in [4.69, 9.17) is 11.6 Å². The molecule has 0 bridgehead atoms. The lowest BCUT2D eigenvalue weighted by molar-refractivity contribution is -0.137. The van der Waals surface area contributed by atoms with Gasteiger partial charge in [0.05, 0.1) is 16.3 Å². The average molecular weight is 535 g/mol. The summed E-state index contributed by atoms with van der Waals surface area (Å²) in [4.78, 5) is 30.8. The molecule has 2 aromatic rings. The van der Waals surface area contributed by atoms with Crippen molar-refractivity contribution >= 4 is 67.6 Å². The smallest absolute Gasteiger partial charge is 0.325 e. The molecule has 1 N–H and O–H groups in total. The number of carbonyl (C=O) groups is 2. The molecule has 0 aromatic heterocycles. The topological polar surface area (TPSA) is 61.8 Å². The summed E-state index contributed by atoms with van der Waals surface area (Å²) in [6, 6.07) is 10.2. The van der Waals surface area contributed by atoms with Gasteiger partial charge >= 0.3 is 6.18 Å². The Kier molecular flexibility index (Phi) is 7.33. The number of benzene rings is 2. The summed E-state index contributed by atoms with van der Waals surface area (Å²) in [5.74, 6) is -0.725. The van der Waals surface area contributed by atoms with Crippen molar-refractivity contribution in [2.75, 3.05) is 11.9 Å². The Morgan fingerprint density at radius 2 is 1.97 bits per heavy atom. The van der Waals surface area contributed by atoms with Gasteiger partial charge in [-0.2, -0.15) is 13.2 Å². The first kappa shape index (κ1) is 23.6. The van der Waals surface area contributed by atoms with Crippen LogP contribution >= 0.6 is 39.3 Å². The average Bonchev–Trinajstić information content (AvgIpc) is 2.70. The van der Waals surface area contributed by atoms with Gasteiger partial charge in [0.15, 0.2) is 5.17 Å². The van der Waals surface area contributed by atoms with Crippen LogP contribution in [0.4, 0.5) is 24.5 Å². The Balaban J connectivity index is 1.87. The number of amides is 2. The molecule has 5 nitrogen and oxygen atoms in total. The first-order valence-electron chi connectivity index (χ1n) is 9.07. The van der Waals surface area contributed by atoms with Crippen LogP contribution in [0.5, 0.6) is 0 Å². The Bertz CT molecular complexity index is 1030. The van der Waals surface area contributed by atoms with Gasteiger partial charge in [-0.25, -0.2) is 4.99 Å². The highest BCUT2D eigenvalue weighted by Crippen LogP contribution is 2.38. The lowest BCUT2D eigenvalue weighted by Gasteiger charge is -2.31. The SMILES string of the molecule is CCN1C(=O)CC(C(=O)Nc2ccc(Br)cc2)SC1=Nc1ccc(Cl)c(C(F)(F)F)c1. The second kappa shape index (κ2) is 9.62. The van der Waals surface area contributed by atoms with Crippen molar-refractivity contribution in [1.82, 2.24) is 4.90 Å². The van der Waals surface area contributed by atoms with Crippen LogP contribution in [0.1, 0.15) is 18.9 Å². The molecule has 1 unspecified atom stereocenters. The number of alkyl halides is 3. The lowest BCUT2D eigenvalue weighted by Crippen LogP contribution is -2.45. The molecule has 164 valence electrons. The summed E-state index contributed by atoms with van der Waals surface area (Å²) in [6.45, 7) is 1.99. The van der Waals surface area contributed by atoms with E-state index in [1.54, 1.807) is 31.2 Å². The van der Waals surface area contributed by atoms with Gasteiger partial charge < -0.3 is 5.32 Å². The normalized spacial score (nSPS) is 18.4. The third kappa shape index (κ3) is 5.81. The maximum atomic E-state index is 13.2. The molecule has 11 heteroatoms. The Hall–Kier alpha value is -2.04. The highest BCUT2D eigenvalue weighted by atomic mass is 79.9. The highest BCUT2D eigenvalue weighted by Gasteiger charge is 2.36. The number of rotatable bonds is 4. The van der Waals surface area contributed by atoms with Gasteiger partial charge in [-0.15, -0.1) is 0 Å². The monoisotopic (exact) mass is 533 g/mol. The molecule has 3 rings (SSSR count). The largest absolute Gasteiger partial charge is 0.417 e. The number of nitrogens with zero attached hydrogens (tertiary/aromatic N) is 2. The molecule has 0 radical (unpaired) electrons. The summed E-state index contributed by atoms with van der Waals surface area (Å²) in [5, 5.41) is 1.69. The quantitative estimate of drug-likeness (QED) is 0.515. The molecule has 1 saturated heterocycles. The van der Waals surface area contributed by atoms with E-state index < -0.39 is 27.9 Å². The first-order valence-corrected chi connectivity index (χ1v) is 11.1. The van der Waals surface area contributed by atoms with Gasteiger partial charge in [0.1, 0.15) is 5.25 Å². The van der Waals surface area contributed by atoms with Crippen molar-refractivity contribution in [2.45, 2.75) is 24.8 Å². The molecule has 2 aromatic carbocycles. The van der Waals surface area contributed by atoms with Crippen LogP contribution < -0.4 is 5.32 Å². The third-order valence-corrected chi connectivity index (χ3v) is 6.39. The number of thioether (sulfide) groups is 1. The van der Waals surface area contributed by atoms with E-state index in [1.165, 1.54) is 11.0 Å². The van der Waals surface area contributed by atoms with Gasteiger partial charge in [-0.3, -0.25) is 14.5 Å². The third-order valence-electron chi connectivity index (χ3n) is 4.34. The van der Waals surface area contributed by atoms with Crippen LogP contribution in [0.15, 0.2) is 51.9 Å². The van der Waals surface area contributed by atoms with Gasteiger partial charge in [0.2, 0.25) is 11.8 Å². The van der Waals surface area contributed by atoms with Gasteiger partial charge in [0, 0.05) is 23.1 Å². The standard InChI is InChI=1S/C20H16BrClF3N3O2S/c1-2-28-17(29)10-16(18(30)26-12-5-3-11(21)4-6-12)31-19(28)27-13-7-8-15(22)14(9-13)20(23,24)25/h3-9,16H,2,10H2,1H3,(H,26,30). The fourth-order valence-corrected chi connectivity index (χ4v) is 4.47. The molecule has 31 heavy (non-hydrogen) atoms. The zero-order chi connectivity index (χ0) is 22.8. The summed E-state index contributed by atoms with van der Waals surface area (Å²) < 4.78 is 40.3. The van der Waals surface area contributed by atoms with Crippen molar-refractivity contribution < 1.29 is 22.8 Å². The van der Waals surface area contributed by atoms with Gasteiger partial charge in [-0.05, 0) is 49.4 Å². The first-order chi connectivity index (χ1) is 14.6. The summed E-state index contributed by atoms with van der Waals surface area (Å²) in [6.07, 6.45) is -4.69. The number of anilines is 1. The van der Waals surface area contributed by atoms with Crippen LogP contribution in [0.2, 0.25) is 5.02 Å². The van der Waals surface area contributed by atoms with E-state index in [1.807, 2.05) is 0 Å². The number of hydrogen-bond acceptors (Lipinski definition) is 4. The van der Waals surface area contributed by atoms with Crippen molar-refractivity contribution in [3.8, 4) is 0 Å². The summed E-state index contributed by atoms with van der Waals surface area (Å²) in [5.41, 5.74) is -0.472. The summed E-state index contributed by atoms with van der Waals surface area (Å²) >= 11 is 10.0. The Labute approximate surface area is 194 Å². The maximum Gasteiger partial charge on any atom is 0.417 e. The molecule has 1 atom stereocenters. The predicted molar refractivity (Wildman–Crippen MR) is 120 cm³/mol. The van der Waals surface area contributed by atoms with Crippen molar-refractivity contribution in [2.24, 2.45) is 4.99 Å². The van der Waals surface area contributed by atoms with E-state index >= 15 is 0 Å². The van der Waals surface area contributed by atoms with Crippen LogP contribution in [-0.2, 0) is 15.8 Å². The number of carbonyl (C=O) groups excluding carboxylic acids is 2. The minimum atomic E-state index is -4.64. The highest BCUT2D eigenvalue weighted by molar-refractivity contribution is 9.10. The predicted octanol–water partition coefficient (Wildman–Crippen LogP) is 6.10. The molecule has 1 heterocycles.